The molecule has 3 aromatic carbocycles. The predicted molar refractivity (Wildman–Crippen MR) is 133 cm³/mol. The molecule has 34 heavy (non-hydrogen) atoms. The van der Waals surface area contributed by atoms with Crippen molar-refractivity contribution in [3.05, 3.63) is 83.4 Å². The molecule has 0 atom stereocenters. The normalized spacial score (nSPS) is 11.7. The van der Waals surface area contributed by atoms with Crippen molar-refractivity contribution in [2.45, 2.75) is 36.5 Å². The van der Waals surface area contributed by atoms with E-state index in [0.717, 1.165) is 16.7 Å². The number of hydrogen-bond acceptors (Lipinski definition) is 5. The highest BCUT2D eigenvalue weighted by Crippen LogP contribution is 2.21. The third kappa shape index (κ3) is 6.43. The lowest BCUT2D eigenvalue weighted by atomic mass is 10.1. The van der Waals surface area contributed by atoms with E-state index in [-0.39, 0.29) is 22.1 Å². The Balaban J connectivity index is 1.62. The Labute approximate surface area is 200 Å². The van der Waals surface area contributed by atoms with Crippen LogP contribution in [0.4, 0.5) is 11.4 Å². The molecule has 0 spiro atoms. The van der Waals surface area contributed by atoms with Crippen LogP contribution in [0.2, 0.25) is 0 Å². The minimum atomic E-state index is -3.72. The van der Waals surface area contributed by atoms with Crippen molar-refractivity contribution in [3.8, 4) is 0 Å². The van der Waals surface area contributed by atoms with E-state index in [0.29, 0.717) is 17.8 Å². The lowest BCUT2D eigenvalue weighted by Crippen LogP contribution is -2.19. The van der Waals surface area contributed by atoms with Crippen LogP contribution in [0, 0.1) is 13.8 Å². The SMILES string of the molecule is CNS(=O)(=O)c1ccc(C)c(NC(=O)CCc2ccc(S(=O)(=O)Nc3ccc(C)cc3)cc2)c1. The highest BCUT2D eigenvalue weighted by Gasteiger charge is 2.16. The van der Waals surface area contributed by atoms with Gasteiger partial charge in [0.1, 0.15) is 0 Å². The van der Waals surface area contributed by atoms with Crippen LogP contribution in [0.3, 0.4) is 0 Å². The van der Waals surface area contributed by atoms with Crippen molar-refractivity contribution in [2.24, 2.45) is 0 Å². The molecule has 0 aromatic heterocycles. The highest BCUT2D eigenvalue weighted by atomic mass is 32.2. The van der Waals surface area contributed by atoms with Crippen LogP contribution in [0.25, 0.3) is 0 Å². The van der Waals surface area contributed by atoms with Crippen LogP contribution in [0.5, 0.6) is 0 Å². The van der Waals surface area contributed by atoms with Gasteiger partial charge in [-0.3, -0.25) is 9.52 Å². The van der Waals surface area contributed by atoms with E-state index in [1.54, 1.807) is 37.3 Å². The van der Waals surface area contributed by atoms with E-state index >= 15 is 0 Å². The van der Waals surface area contributed by atoms with Gasteiger partial charge < -0.3 is 5.32 Å². The van der Waals surface area contributed by atoms with Gasteiger partial charge in [0.2, 0.25) is 15.9 Å². The first kappa shape index (κ1) is 25.4. The second-order valence-electron chi connectivity index (χ2n) is 7.85. The van der Waals surface area contributed by atoms with E-state index in [1.807, 2.05) is 19.1 Å². The fourth-order valence-electron chi connectivity index (χ4n) is 3.16. The predicted octanol–water partition coefficient (Wildman–Crippen LogP) is 3.58. The van der Waals surface area contributed by atoms with E-state index in [1.165, 1.54) is 31.3 Å². The van der Waals surface area contributed by atoms with Crippen LogP contribution in [0.15, 0.2) is 76.5 Å². The molecular formula is C24H27N3O5S2. The van der Waals surface area contributed by atoms with E-state index in [4.69, 9.17) is 0 Å². The lowest BCUT2D eigenvalue weighted by molar-refractivity contribution is -0.116. The van der Waals surface area contributed by atoms with Gasteiger partial charge in [0.25, 0.3) is 10.0 Å². The summed E-state index contributed by atoms with van der Waals surface area (Å²) in [5.74, 6) is -0.278. The molecule has 0 radical (unpaired) electrons. The number of anilines is 2. The summed E-state index contributed by atoms with van der Waals surface area (Å²) in [5, 5.41) is 2.75. The van der Waals surface area contributed by atoms with Crippen molar-refractivity contribution in [2.75, 3.05) is 17.1 Å². The molecule has 0 aliphatic rings. The van der Waals surface area contributed by atoms with Crippen LogP contribution >= 0.6 is 0 Å². The number of sulfonamides is 2. The molecule has 10 heteroatoms. The zero-order valence-corrected chi connectivity index (χ0v) is 20.8. The van der Waals surface area contributed by atoms with Crippen LogP contribution < -0.4 is 14.8 Å². The van der Waals surface area contributed by atoms with Crippen molar-refractivity contribution >= 4 is 37.3 Å². The second-order valence-corrected chi connectivity index (χ2v) is 11.4. The lowest BCUT2D eigenvalue weighted by Gasteiger charge is -2.11. The van der Waals surface area contributed by atoms with Gasteiger partial charge in [-0.1, -0.05) is 35.9 Å². The van der Waals surface area contributed by atoms with Crippen LogP contribution in [0.1, 0.15) is 23.1 Å². The fourth-order valence-corrected chi connectivity index (χ4v) is 4.98. The largest absolute Gasteiger partial charge is 0.326 e. The molecule has 0 unspecified atom stereocenters. The molecule has 1 amide bonds. The molecule has 180 valence electrons. The number of carbonyl (C=O) groups is 1. The average molecular weight is 502 g/mol. The third-order valence-electron chi connectivity index (χ3n) is 5.24. The molecule has 0 aliphatic carbocycles. The van der Waals surface area contributed by atoms with Crippen molar-refractivity contribution in [1.29, 1.82) is 0 Å². The molecule has 0 bridgehead atoms. The fraction of sp³-hybridized carbons (Fsp3) is 0.208. The highest BCUT2D eigenvalue weighted by molar-refractivity contribution is 7.92. The molecule has 0 saturated heterocycles. The van der Waals surface area contributed by atoms with E-state index in [9.17, 15) is 21.6 Å². The standard InChI is InChI=1S/C24H27N3O5S2/c1-17-4-10-20(11-5-17)27-34(31,32)21-13-7-19(8-14-21)9-15-24(28)26-23-16-22(12-6-18(23)2)33(29,30)25-3/h4-8,10-14,16,25,27H,9,15H2,1-3H3,(H,26,28). The zero-order chi connectivity index (χ0) is 24.9. The summed E-state index contributed by atoms with van der Waals surface area (Å²) in [6.07, 6.45) is 0.543. The van der Waals surface area contributed by atoms with E-state index < -0.39 is 20.0 Å². The molecule has 8 nitrogen and oxygen atoms in total. The summed E-state index contributed by atoms with van der Waals surface area (Å²) in [6.45, 7) is 3.69. The van der Waals surface area contributed by atoms with Gasteiger partial charge in [-0.15, -0.1) is 0 Å². The van der Waals surface area contributed by atoms with Gasteiger partial charge >= 0.3 is 0 Å². The number of amides is 1. The average Bonchev–Trinajstić information content (AvgIpc) is 2.80. The minimum absolute atomic E-state index is 0.0620. The maximum absolute atomic E-state index is 12.6. The number of nitrogens with one attached hydrogen (secondary N) is 3. The van der Waals surface area contributed by atoms with E-state index in [2.05, 4.69) is 14.8 Å². The first-order valence-corrected chi connectivity index (χ1v) is 13.5. The second kappa shape index (κ2) is 10.4. The maximum Gasteiger partial charge on any atom is 0.261 e. The number of hydrogen-bond donors (Lipinski definition) is 3. The monoisotopic (exact) mass is 501 g/mol. The summed E-state index contributed by atoms with van der Waals surface area (Å²) in [5.41, 5.74) is 3.46. The number of carbonyl (C=O) groups excluding carboxylic acids is 1. The van der Waals surface area contributed by atoms with Gasteiger partial charge in [0.05, 0.1) is 9.79 Å². The first-order chi connectivity index (χ1) is 16.0. The molecular weight excluding hydrogens is 474 g/mol. The van der Waals surface area contributed by atoms with Gasteiger partial charge in [-0.05, 0) is 74.8 Å². The van der Waals surface area contributed by atoms with Gasteiger partial charge in [-0.2, -0.15) is 0 Å². The molecule has 0 saturated carbocycles. The molecule has 0 heterocycles. The van der Waals surface area contributed by atoms with Gasteiger partial charge in [0, 0.05) is 17.8 Å². The Kier molecular flexibility index (Phi) is 7.75. The number of rotatable bonds is 9. The molecule has 0 fully saturated rings. The quantitative estimate of drug-likeness (QED) is 0.414. The summed E-state index contributed by atoms with van der Waals surface area (Å²) in [6, 6.07) is 17.9. The van der Waals surface area contributed by atoms with Gasteiger partial charge in [0.15, 0.2) is 0 Å². The molecule has 3 rings (SSSR count). The summed E-state index contributed by atoms with van der Waals surface area (Å²) < 4.78 is 54.0. The number of aryl methyl sites for hydroxylation is 3. The van der Waals surface area contributed by atoms with Crippen molar-refractivity contribution in [1.82, 2.24) is 4.72 Å². The smallest absolute Gasteiger partial charge is 0.261 e. The Morgan fingerprint density at radius 3 is 2.03 bits per heavy atom. The Morgan fingerprint density at radius 2 is 1.41 bits per heavy atom. The summed E-state index contributed by atoms with van der Waals surface area (Å²) >= 11 is 0. The summed E-state index contributed by atoms with van der Waals surface area (Å²) in [4.78, 5) is 12.6. The van der Waals surface area contributed by atoms with Crippen LogP contribution in [-0.4, -0.2) is 29.8 Å². The number of benzene rings is 3. The maximum atomic E-state index is 12.6. The van der Waals surface area contributed by atoms with Crippen molar-refractivity contribution in [3.63, 3.8) is 0 Å². The minimum Gasteiger partial charge on any atom is -0.326 e. The summed E-state index contributed by atoms with van der Waals surface area (Å²) in [7, 11) is -6.02. The third-order valence-corrected chi connectivity index (χ3v) is 8.05. The van der Waals surface area contributed by atoms with Gasteiger partial charge in [-0.25, -0.2) is 21.6 Å². The van der Waals surface area contributed by atoms with Crippen LogP contribution in [-0.2, 0) is 31.3 Å². The Hall–Kier alpha value is -3.21. The zero-order valence-electron chi connectivity index (χ0n) is 19.1. The Bertz CT molecular complexity index is 1380. The molecule has 3 N–H and O–H groups in total. The molecule has 0 aliphatic heterocycles. The first-order valence-electron chi connectivity index (χ1n) is 10.5. The van der Waals surface area contributed by atoms with Crippen molar-refractivity contribution < 1.29 is 21.6 Å². The Morgan fingerprint density at radius 1 is 0.794 bits per heavy atom. The molecule has 3 aromatic rings. The topological polar surface area (TPSA) is 121 Å².